The summed E-state index contributed by atoms with van der Waals surface area (Å²) in [6.07, 6.45) is 4.49. The number of hydrogen-bond acceptors (Lipinski definition) is 7. The number of ether oxygens (including phenoxy) is 1. The van der Waals surface area contributed by atoms with Crippen LogP contribution in [0.25, 0.3) is 11.4 Å². The maximum atomic E-state index is 14.2. The summed E-state index contributed by atoms with van der Waals surface area (Å²) in [6.45, 7) is 17.0. The Kier molecular flexibility index (Phi) is 8.54. The summed E-state index contributed by atoms with van der Waals surface area (Å²) < 4.78 is 35.2. The molecule has 0 atom stereocenters. The fraction of sp³-hybridized carbons (Fsp3) is 0.500. The lowest BCUT2D eigenvalue weighted by Gasteiger charge is -2.30. The van der Waals surface area contributed by atoms with Crippen molar-refractivity contribution in [1.29, 1.82) is 0 Å². The van der Waals surface area contributed by atoms with E-state index < -0.39 is 33.2 Å². The van der Waals surface area contributed by atoms with Crippen molar-refractivity contribution >= 4 is 22.0 Å². The number of amides is 2. The quantitative estimate of drug-likeness (QED) is 0.369. The van der Waals surface area contributed by atoms with E-state index in [-0.39, 0.29) is 22.5 Å². The van der Waals surface area contributed by atoms with Crippen LogP contribution in [0, 0.1) is 19.3 Å². The van der Waals surface area contributed by atoms with Gasteiger partial charge in [0.15, 0.2) is 0 Å². The van der Waals surface area contributed by atoms with Crippen molar-refractivity contribution in [3.05, 3.63) is 64.7 Å². The van der Waals surface area contributed by atoms with E-state index in [2.05, 4.69) is 34.4 Å². The van der Waals surface area contributed by atoms with Crippen molar-refractivity contribution in [2.45, 2.75) is 97.6 Å². The number of carbonyl (C=O) groups is 2. The number of nitrogens with zero attached hydrogens (tertiary/aromatic N) is 3. The van der Waals surface area contributed by atoms with Gasteiger partial charge in [-0.2, -0.15) is 0 Å². The Labute approximate surface area is 254 Å². The highest BCUT2D eigenvalue weighted by atomic mass is 32.2. The van der Waals surface area contributed by atoms with Crippen LogP contribution in [-0.4, -0.2) is 52.0 Å². The highest BCUT2D eigenvalue weighted by Crippen LogP contribution is 2.42. The number of carbonyl (C=O) groups excluding carboxylic acids is 2. The molecule has 0 radical (unpaired) electrons. The smallest absolute Gasteiger partial charge is 0.408 e. The van der Waals surface area contributed by atoms with E-state index in [4.69, 9.17) is 4.74 Å². The highest BCUT2D eigenvalue weighted by molar-refractivity contribution is 7.90. The summed E-state index contributed by atoms with van der Waals surface area (Å²) in [7, 11) is -4.00. The van der Waals surface area contributed by atoms with Crippen LogP contribution in [0.2, 0.25) is 0 Å². The molecular formula is C32H43N5O5S. The Hall–Kier alpha value is -3.73. The lowest BCUT2D eigenvalue weighted by Crippen LogP contribution is -2.52. The van der Waals surface area contributed by atoms with Crippen LogP contribution in [0.15, 0.2) is 41.6 Å². The fourth-order valence-corrected chi connectivity index (χ4v) is 6.89. The first kappa shape index (κ1) is 32.2. The minimum absolute atomic E-state index is 0.0313. The predicted molar refractivity (Wildman–Crippen MR) is 166 cm³/mol. The molecule has 43 heavy (non-hydrogen) atoms. The first-order chi connectivity index (χ1) is 19.8. The summed E-state index contributed by atoms with van der Waals surface area (Å²) in [5.74, 6) is -0.503. The topological polar surface area (TPSA) is 132 Å². The lowest BCUT2D eigenvalue weighted by molar-refractivity contribution is 0.0469. The zero-order valence-corrected chi connectivity index (χ0v) is 27.4. The fourth-order valence-electron chi connectivity index (χ4n) is 5.27. The molecule has 11 heteroatoms. The average molecular weight is 610 g/mol. The molecule has 0 fully saturated rings. The largest absolute Gasteiger partial charge is 0.444 e. The van der Waals surface area contributed by atoms with Crippen LogP contribution in [0.5, 0.6) is 0 Å². The van der Waals surface area contributed by atoms with Crippen molar-refractivity contribution in [3.63, 3.8) is 0 Å². The molecule has 0 unspecified atom stereocenters. The van der Waals surface area contributed by atoms with Gasteiger partial charge >= 0.3 is 6.09 Å². The highest BCUT2D eigenvalue weighted by Gasteiger charge is 2.36. The first-order valence-electron chi connectivity index (χ1n) is 14.5. The minimum Gasteiger partial charge on any atom is -0.444 e. The van der Waals surface area contributed by atoms with Crippen molar-refractivity contribution in [1.82, 2.24) is 24.6 Å². The molecule has 0 saturated heterocycles. The molecule has 1 aliphatic rings. The van der Waals surface area contributed by atoms with E-state index in [1.807, 2.05) is 13.8 Å². The van der Waals surface area contributed by atoms with Gasteiger partial charge in [0.1, 0.15) is 17.0 Å². The molecule has 2 amide bonds. The molecule has 1 aromatic carbocycles. The number of hydrogen-bond donors (Lipinski definition) is 2. The van der Waals surface area contributed by atoms with Crippen molar-refractivity contribution < 1.29 is 22.7 Å². The Balaban J connectivity index is 1.70. The number of alkyl carbamates (subject to hydrolysis) is 1. The Bertz CT molecular complexity index is 1650. The van der Waals surface area contributed by atoms with Gasteiger partial charge in [0.2, 0.25) is 0 Å². The van der Waals surface area contributed by atoms with Gasteiger partial charge in [-0.3, -0.25) is 9.78 Å². The summed E-state index contributed by atoms with van der Waals surface area (Å²) in [4.78, 5) is 34.5. The number of aromatic nitrogens is 3. The SMILES string of the molecule is Cc1ccc(S(=O)(=O)n2c3c(c(C)c2-c2cncc(C(=O)NCC(C)(C)NC(=O)OC(C)(C)C)n2)CCC(C)(C)C3)cc1. The number of benzene rings is 1. The van der Waals surface area contributed by atoms with E-state index in [1.165, 1.54) is 16.4 Å². The zero-order chi connectivity index (χ0) is 32.0. The van der Waals surface area contributed by atoms with Gasteiger partial charge in [-0.15, -0.1) is 0 Å². The molecule has 2 aromatic heterocycles. The summed E-state index contributed by atoms with van der Waals surface area (Å²) >= 11 is 0. The third-order valence-corrected chi connectivity index (χ3v) is 9.25. The van der Waals surface area contributed by atoms with Gasteiger partial charge in [-0.1, -0.05) is 31.5 Å². The Morgan fingerprint density at radius 3 is 2.33 bits per heavy atom. The maximum absolute atomic E-state index is 14.2. The number of nitrogens with one attached hydrogen (secondary N) is 2. The second-order valence-electron chi connectivity index (χ2n) is 13.8. The van der Waals surface area contributed by atoms with Crippen LogP contribution in [0.4, 0.5) is 4.79 Å². The van der Waals surface area contributed by atoms with Gasteiger partial charge in [-0.25, -0.2) is 22.2 Å². The predicted octanol–water partition coefficient (Wildman–Crippen LogP) is 5.35. The van der Waals surface area contributed by atoms with Crippen LogP contribution in [0.3, 0.4) is 0 Å². The monoisotopic (exact) mass is 609 g/mol. The number of rotatable bonds is 7. The van der Waals surface area contributed by atoms with E-state index in [9.17, 15) is 18.0 Å². The van der Waals surface area contributed by atoms with Gasteiger partial charge in [0, 0.05) is 12.2 Å². The summed E-state index contributed by atoms with van der Waals surface area (Å²) in [5.41, 5.74) is 2.70. The molecule has 0 saturated carbocycles. The van der Waals surface area contributed by atoms with Gasteiger partial charge in [0.05, 0.1) is 28.5 Å². The third kappa shape index (κ3) is 7.26. The Morgan fingerprint density at radius 1 is 1.05 bits per heavy atom. The van der Waals surface area contributed by atoms with Crippen LogP contribution in [-0.2, 0) is 27.6 Å². The first-order valence-corrected chi connectivity index (χ1v) is 15.9. The van der Waals surface area contributed by atoms with Gasteiger partial charge in [0.25, 0.3) is 15.9 Å². The standard InChI is InChI=1S/C32H43N5O5S/c1-20-10-12-22(13-11-20)43(40,41)37-26-16-31(6,7)15-14-23(26)21(2)27(37)24-17-33-18-25(35-24)28(38)34-19-32(8,9)36-29(39)42-30(3,4)5/h10-13,17-18H,14-16,19H2,1-9H3,(H,34,38)(H,36,39). The molecule has 10 nitrogen and oxygen atoms in total. The zero-order valence-electron chi connectivity index (χ0n) is 26.6. The summed E-state index contributed by atoms with van der Waals surface area (Å²) in [5, 5.41) is 5.56. The van der Waals surface area contributed by atoms with E-state index in [1.54, 1.807) is 58.9 Å². The molecule has 4 rings (SSSR count). The maximum Gasteiger partial charge on any atom is 0.408 e. The second-order valence-corrected chi connectivity index (χ2v) is 15.6. The minimum atomic E-state index is -4.00. The normalized spacial score (nSPS) is 15.0. The lowest BCUT2D eigenvalue weighted by atomic mass is 9.76. The molecule has 0 aliphatic heterocycles. The van der Waals surface area contributed by atoms with Crippen molar-refractivity contribution in [3.8, 4) is 11.4 Å². The van der Waals surface area contributed by atoms with Crippen LogP contribution < -0.4 is 10.6 Å². The second kappa shape index (κ2) is 11.4. The van der Waals surface area contributed by atoms with Crippen LogP contribution >= 0.6 is 0 Å². The van der Waals surface area contributed by atoms with Gasteiger partial charge in [-0.05, 0) is 96.4 Å². The van der Waals surface area contributed by atoms with Gasteiger partial charge < -0.3 is 15.4 Å². The molecule has 1 aliphatic carbocycles. The number of fused-ring (bicyclic) bond motifs is 1. The molecule has 0 bridgehead atoms. The Morgan fingerprint density at radius 2 is 1.70 bits per heavy atom. The van der Waals surface area contributed by atoms with E-state index >= 15 is 0 Å². The van der Waals surface area contributed by atoms with E-state index in [0.29, 0.717) is 17.8 Å². The molecule has 2 N–H and O–H groups in total. The molecule has 0 spiro atoms. The van der Waals surface area contributed by atoms with Crippen molar-refractivity contribution in [2.75, 3.05) is 6.54 Å². The molecule has 2 heterocycles. The third-order valence-electron chi connectivity index (χ3n) is 7.50. The molecular weight excluding hydrogens is 566 g/mol. The molecule has 232 valence electrons. The van der Waals surface area contributed by atoms with E-state index in [0.717, 1.165) is 35.2 Å². The average Bonchev–Trinajstić information content (AvgIpc) is 3.17. The van der Waals surface area contributed by atoms with Crippen molar-refractivity contribution in [2.24, 2.45) is 5.41 Å². The number of aryl methyl sites for hydroxylation is 1. The van der Waals surface area contributed by atoms with Crippen LogP contribution in [0.1, 0.15) is 87.8 Å². The molecule has 3 aromatic rings. The summed E-state index contributed by atoms with van der Waals surface area (Å²) in [6, 6.07) is 6.80.